The minimum atomic E-state index is -0.191. The minimum absolute atomic E-state index is 0.0343. The van der Waals surface area contributed by atoms with Crippen molar-refractivity contribution in [2.45, 2.75) is 203 Å². The molecule has 2 aromatic heterocycles. The Balaban J connectivity index is 1.14. The molecule has 0 spiro atoms. The second-order valence-corrected chi connectivity index (χ2v) is 29.9. The third kappa shape index (κ3) is 9.74. The lowest BCUT2D eigenvalue weighted by Gasteiger charge is -2.34. The molecule has 0 amide bonds. The van der Waals surface area contributed by atoms with Crippen LogP contribution in [0.25, 0.3) is 55.0 Å². The fraction of sp³-hybridized carbons (Fsp3) is 0.455. The summed E-state index contributed by atoms with van der Waals surface area (Å²) in [7, 11) is 0. The summed E-state index contributed by atoms with van der Waals surface area (Å²) in [4.78, 5) is 2.30. The van der Waals surface area contributed by atoms with Crippen LogP contribution in [0.3, 0.4) is 0 Å². The van der Waals surface area contributed by atoms with E-state index in [4.69, 9.17) is 0 Å². The van der Waals surface area contributed by atoms with Crippen molar-refractivity contribution in [2.24, 2.45) is 0 Å². The van der Waals surface area contributed by atoms with Crippen LogP contribution in [0.15, 0.2) is 107 Å². The SMILES string of the molecule is CC(C)(C)c1ccc2c3ccc(C(C)(C)C)cc3n(-c3cc(C(C)(C)C)c(SC4CCCCC4Sc4cc(O)c(-n5c6cc(C(C)(C)C)ccc6c6ccc(C(C)(C)C)cc65)cc4C(C)(C)C)cc3O)c2c1. The van der Waals surface area contributed by atoms with Gasteiger partial charge in [0.2, 0.25) is 0 Å². The lowest BCUT2D eigenvalue weighted by atomic mass is 9.86. The zero-order chi connectivity index (χ0) is 52.4. The van der Waals surface area contributed by atoms with Gasteiger partial charge < -0.3 is 19.3 Å². The molecule has 1 aliphatic carbocycles. The number of aromatic nitrogens is 2. The summed E-state index contributed by atoms with van der Waals surface area (Å²) >= 11 is 3.91. The molecule has 0 radical (unpaired) electrons. The molecule has 2 heterocycles. The van der Waals surface area contributed by atoms with Crippen LogP contribution in [-0.4, -0.2) is 29.8 Å². The van der Waals surface area contributed by atoms with Gasteiger partial charge in [0.15, 0.2) is 0 Å². The Morgan fingerprint density at radius 2 is 0.625 bits per heavy atom. The van der Waals surface area contributed by atoms with E-state index >= 15 is 0 Å². The standard InChI is InChI=1S/C66H82N2O2S2/c1-61(2,3)39-23-27-43-44-28-24-40(62(4,5)6)32-50(44)67(49(43)31-39)53-35-47(65(13,14)15)59(37-55(53)69)71-57-21-19-20-22-58(57)72-60-38-56(70)54(36-48(60)66(16,17)18)68-51-33-41(63(7,8)9)25-29-45(51)46-30-26-42(34-52(46)68)64(10,11)12/h23-38,57-58,69-70H,19-22H2,1-18H3. The summed E-state index contributed by atoms with van der Waals surface area (Å²) in [6, 6.07) is 36.4. The second kappa shape index (κ2) is 18.0. The van der Waals surface area contributed by atoms with Crippen LogP contribution in [0.5, 0.6) is 11.5 Å². The number of nitrogens with zero attached hydrogens (tertiary/aromatic N) is 2. The molecule has 8 aromatic rings. The highest BCUT2D eigenvalue weighted by atomic mass is 32.2. The molecule has 0 bridgehead atoms. The van der Waals surface area contributed by atoms with Crippen molar-refractivity contribution >= 4 is 67.1 Å². The molecule has 1 saturated carbocycles. The van der Waals surface area contributed by atoms with E-state index in [1.807, 2.05) is 23.5 Å². The zero-order valence-corrected chi connectivity index (χ0v) is 48.5. The first kappa shape index (κ1) is 52.1. The van der Waals surface area contributed by atoms with E-state index in [9.17, 15) is 10.2 Å². The van der Waals surface area contributed by atoms with E-state index in [2.05, 4.69) is 231 Å². The van der Waals surface area contributed by atoms with Gasteiger partial charge in [-0.2, -0.15) is 0 Å². The third-order valence-corrected chi connectivity index (χ3v) is 18.5. The first-order chi connectivity index (χ1) is 33.3. The van der Waals surface area contributed by atoms with E-state index in [0.717, 1.165) is 56.1 Å². The predicted molar refractivity (Wildman–Crippen MR) is 315 cm³/mol. The van der Waals surface area contributed by atoms with Gasteiger partial charge in [-0.1, -0.05) is 186 Å². The largest absolute Gasteiger partial charge is 0.506 e. The van der Waals surface area contributed by atoms with Gasteiger partial charge in [-0.15, -0.1) is 23.5 Å². The highest BCUT2D eigenvalue weighted by Crippen LogP contribution is 2.51. The minimum Gasteiger partial charge on any atom is -0.506 e. The number of rotatable bonds is 6. The predicted octanol–water partition coefficient (Wildman–Crippen LogP) is 19.3. The van der Waals surface area contributed by atoms with Crippen molar-refractivity contribution in [3.63, 3.8) is 0 Å². The van der Waals surface area contributed by atoms with Crippen LogP contribution in [-0.2, 0) is 32.5 Å². The molecule has 1 aliphatic rings. The molecule has 9 rings (SSSR count). The van der Waals surface area contributed by atoms with Crippen LogP contribution in [0.2, 0.25) is 0 Å². The fourth-order valence-electron chi connectivity index (χ4n) is 10.9. The molecule has 0 saturated heterocycles. The molecule has 6 aromatic carbocycles. The first-order valence-corrected chi connectivity index (χ1v) is 28.3. The van der Waals surface area contributed by atoms with Gasteiger partial charge in [0.1, 0.15) is 11.5 Å². The van der Waals surface area contributed by atoms with Crippen molar-refractivity contribution in [1.82, 2.24) is 9.13 Å². The Labute approximate surface area is 440 Å². The van der Waals surface area contributed by atoms with Crippen LogP contribution in [0.1, 0.15) is 184 Å². The van der Waals surface area contributed by atoms with E-state index in [0.29, 0.717) is 22.0 Å². The number of hydrogen-bond donors (Lipinski definition) is 2. The number of hydrogen-bond acceptors (Lipinski definition) is 4. The van der Waals surface area contributed by atoms with Crippen molar-refractivity contribution in [3.8, 4) is 22.9 Å². The Bertz CT molecular complexity index is 3030. The van der Waals surface area contributed by atoms with Crippen molar-refractivity contribution in [3.05, 3.63) is 130 Å². The van der Waals surface area contributed by atoms with E-state index in [1.54, 1.807) is 0 Å². The fourth-order valence-corrected chi connectivity index (χ4v) is 14.4. The molecule has 2 unspecified atom stereocenters. The summed E-state index contributed by atoms with van der Waals surface area (Å²) in [5.74, 6) is 0.605. The summed E-state index contributed by atoms with van der Waals surface area (Å²) in [5.41, 5.74) is 13.2. The Hall–Kier alpha value is -4.78. The van der Waals surface area contributed by atoms with Gasteiger partial charge >= 0.3 is 0 Å². The maximum absolute atomic E-state index is 12.5. The molecule has 0 aliphatic heterocycles. The van der Waals surface area contributed by atoms with Gasteiger partial charge in [0.25, 0.3) is 0 Å². The van der Waals surface area contributed by atoms with Crippen LogP contribution in [0, 0.1) is 0 Å². The lowest BCUT2D eigenvalue weighted by molar-refractivity contribution is 0.468. The van der Waals surface area contributed by atoms with Crippen molar-refractivity contribution in [2.75, 3.05) is 0 Å². The average Bonchev–Trinajstić information content (AvgIpc) is 3.76. The van der Waals surface area contributed by atoms with Crippen molar-refractivity contribution < 1.29 is 10.2 Å². The third-order valence-electron chi connectivity index (χ3n) is 15.4. The summed E-state index contributed by atoms with van der Waals surface area (Å²) in [6.45, 7) is 41.2. The maximum atomic E-state index is 12.5. The second-order valence-electron chi connectivity index (χ2n) is 27.4. The van der Waals surface area contributed by atoms with E-state index in [1.165, 1.54) is 67.8 Å². The Kier molecular flexibility index (Phi) is 13.0. The number of phenolic OH excluding ortho intramolecular Hbond substituents is 2. The van der Waals surface area contributed by atoms with Gasteiger partial charge in [0.05, 0.1) is 33.4 Å². The van der Waals surface area contributed by atoms with E-state index < -0.39 is 0 Å². The highest BCUT2D eigenvalue weighted by molar-refractivity contribution is 8.04. The molecule has 1 fully saturated rings. The zero-order valence-electron chi connectivity index (χ0n) is 46.8. The molecule has 380 valence electrons. The topological polar surface area (TPSA) is 50.3 Å². The van der Waals surface area contributed by atoms with Crippen molar-refractivity contribution in [1.29, 1.82) is 0 Å². The number of fused-ring (bicyclic) bond motifs is 6. The summed E-state index contributed by atoms with van der Waals surface area (Å²) in [5, 5.41) is 30.4. The number of aromatic hydroxyl groups is 2. The molecule has 6 heteroatoms. The molecular formula is C66H82N2O2S2. The quantitative estimate of drug-likeness (QED) is 0.174. The Morgan fingerprint density at radius 1 is 0.361 bits per heavy atom. The Morgan fingerprint density at radius 3 is 0.861 bits per heavy atom. The molecule has 2 N–H and O–H groups in total. The normalized spacial score (nSPS) is 16.8. The van der Waals surface area contributed by atoms with Crippen LogP contribution in [0.4, 0.5) is 0 Å². The van der Waals surface area contributed by atoms with Crippen LogP contribution < -0.4 is 0 Å². The van der Waals surface area contributed by atoms with Gasteiger partial charge in [0, 0.05) is 41.8 Å². The maximum Gasteiger partial charge on any atom is 0.140 e. The molecule has 4 nitrogen and oxygen atoms in total. The van der Waals surface area contributed by atoms with Gasteiger partial charge in [-0.3, -0.25) is 0 Å². The monoisotopic (exact) mass is 999 g/mol. The average molecular weight is 1000 g/mol. The smallest absolute Gasteiger partial charge is 0.140 e. The highest BCUT2D eigenvalue weighted by Gasteiger charge is 2.34. The summed E-state index contributed by atoms with van der Waals surface area (Å²) < 4.78 is 4.67. The molecule has 72 heavy (non-hydrogen) atoms. The van der Waals surface area contributed by atoms with Gasteiger partial charge in [-0.05, 0) is 127 Å². The first-order valence-electron chi connectivity index (χ1n) is 26.6. The number of benzene rings is 6. The molecule has 2 atom stereocenters. The summed E-state index contributed by atoms with van der Waals surface area (Å²) in [6.07, 6.45) is 4.53. The number of thioether (sulfide) groups is 2. The van der Waals surface area contributed by atoms with Gasteiger partial charge in [-0.25, -0.2) is 0 Å². The molecular weight excluding hydrogens is 917 g/mol. The van der Waals surface area contributed by atoms with Crippen LogP contribution >= 0.6 is 23.5 Å². The lowest BCUT2D eigenvalue weighted by Crippen LogP contribution is -2.26. The van der Waals surface area contributed by atoms with E-state index in [-0.39, 0.29) is 32.5 Å². The number of phenols is 2.